The summed E-state index contributed by atoms with van der Waals surface area (Å²) in [6.45, 7) is 3.48. The zero-order valence-corrected chi connectivity index (χ0v) is 13.6. The molecule has 1 aromatic rings. The van der Waals surface area contributed by atoms with Crippen molar-refractivity contribution in [3.8, 4) is 5.88 Å². The molecular formula is C15H19ClN2O4. The van der Waals surface area contributed by atoms with Crippen molar-refractivity contribution in [2.75, 3.05) is 13.7 Å². The molecule has 1 saturated carbocycles. The molecule has 0 unspecified atom stereocenters. The third kappa shape index (κ3) is 3.50. The van der Waals surface area contributed by atoms with E-state index in [0.717, 1.165) is 17.7 Å². The smallest absolute Gasteiger partial charge is 0.329 e. The Morgan fingerprint density at radius 3 is 2.64 bits per heavy atom. The Morgan fingerprint density at radius 1 is 1.50 bits per heavy atom. The molecule has 22 heavy (non-hydrogen) atoms. The van der Waals surface area contributed by atoms with Crippen LogP contribution in [0.25, 0.3) is 0 Å². The summed E-state index contributed by atoms with van der Waals surface area (Å²) in [6.07, 6.45) is 3.66. The lowest BCUT2D eigenvalue weighted by Gasteiger charge is -2.31. The van der Waals surface area contributed by atoms with Crippen LogP contribution in [0.5, 0.6) is 5.88 Å². The summed E-state index contributed by atoms with van der Waals surface area (Å²) in [7, 11) is 1.43. The van der Waals surface area contributed by atoms with Crippen molar-refractivity contribution in [1.82, 2.24) is 9.88 Å². The molecule has 0 spiro atoms. The number of hydrogen-bond acceptors (Lipinski definition) is 4. The van der Waals surface area contributed by atoms with E-state index >= 15 is 0 Å². The molecule has 0 atom stereocenters. The zero-order chi connectivity index (χ0) is 16.5. The van der Waals surface area contributed by atoms with Crippen LogP contribution in [0.15, 0.2) is 12.3 Å². The summed E-state index contributed by atoms with van der Waals surface area (Å²) in [5.74, 6) is -0.686. The molecule has 1 heterocycles. The molecule has 120 valence electrons. The Balaban J connectivity index is 2.12. The van der Waals surface area contributed by atoms with Crippen LogP contribution in [0.2, 0.25) is 5.02 Å². The quantitative estimate of drug-likeness (QED) is 0.868. The molecule has 0 aliphatic heterocycles. The second kappa shape index (κ2) is 6.12. The lowest BCUT2D eigenvalue weighted by molar-refractivity contribution is -0.147. The number of pyridine rings is 1. The van der Waals surface area contributed by atoms with E-state index < -0.39 is 17.4 Å². The highest BCUT2D eigenvalue weighted by atomic mass is 35.5. The largest absolute Gasteiger partial charge is 0.480 e. The van der Waals surface area contributed by atoms with Crippen LogP contribution >= 0.6 is 11.6 Å². The van der Waals surface area contributed by atoms with Crippen molar-refractivity contribution in [3.05, 3.63) is 22.8 Å². The van der Waals surface area contributed by atoms with Crippen molar-refractivity contribution in [3.63, 3.8) is 0 Å². The number of likely N-dealkylation sites (N-methyl/N-ethyl adjacent to an activating group) is 1. The van der Waals surface area contributed by atoms with Gasteiger partial charge in [0.25, 0.3) is 5.91 Å². The summed E-state index contributed by atoms with van der Waals surface area (Å²) in [6, 6.07) is 1.45. The summed E-state index contributed by atoms with van der Waals surface area (Å²) < 4.78 is 5.50. The fourth-order valence-electron chi connectivity index (χ4n) is 1.72. The lowest BCUT2D eigenvalue weighted by atomic mass is 10.0. The predicted octanol–water partition coefficient (Wildman–Crippen LogP) is 2.46. The third-order valence-corrected chi connectivity index (χ3v) is 4.14. The summed E-state index contributed by atoms with van der Waals surface area (Å²) >= 11 is 6.08. The number of carbonyl (C=O) groups excluding carboxylic acids is 1. The molecule has 1 aliphatic carbocycles. The van der Waals surface area contributed by atoms with Gasteiger partial charge in [-0.3, -0.25) is 4.79 Å². The summed E-state index contributed by atoms with van der Waals surface area (Å²) in [5.41, 5.74) is -1.11. The number of aromatic nitrogens is 1. The monoisotopic (exact) mass is 326 g/mol. The molecule has 1 aliphatic rings. The number of carboxylic acids is 1. The molecule has 2 rings (SSSR count). The maximum Gasteiger partial charge on any atom is 0.329 e. The first-order valence-corrected chi connectivity index (χ1v) is 7.41. The first kappa shape index (κ1) is 16.5. The van der Waals surface area contributed by atoms with E-state index in [4.69, 9.17) is 16.3 Å². The Hall–Kier alpha value is -1.82. The molecule has 1 N–H and O–H groups in total. The van der Waals surface area contributed by atoms with Crippen LogP contribution in [0.3, 0.4) is 0 Å². The highest BCUT2D eigenvalue weighted by Crippen LogP contribution is 2.31. The predicted molar refractivity (Wildman–Crippen MR) is 81.3 cm³/mol. The van der Waals surface area contributed by atoms with E-state index in [1.54, 1.807) is 0 Å². The number of nitrogens with zero attached hydrogens (tertiary/aromatic N) is 2. The Bertz CT molecular complexity index is 599. The Morgan fingerprint density at radius 2 is 2.14 bits per heavy atom. The molecule has 7 heteroatoms. The van der Waals surface area contributed by atoms with Crippen LogP contribution in [0.1, 0.15) is 37.0 Å². The normalized spacial score (nSPS) is 14.5. The Labute approximate surface area is 134 Å². The van der Waals surface area contributed by atoms with Crippen molar-refractivity contribution in [2.24, 2.45) is 5.92 Å². The van der Waals surface area contributed by atoms with Gasteiger partial charge in [-0.05, 0) is 38.7 Å². The number of hydrogen-bond donors (Lipinski definition) is 1. The van der Waals surface area contributed by atoms with Gasteiger partial charge < -0.3 is 14.7 Å². The molecule has 1 fully saturated rings. The van der Waals surface area contributed by atoms with Crippen LogP contribution in [-0.4, -0.2) is 46.1 Å². The van der Waals surface area contributed by atoms with Crippen LogP contribution in [0.4, 0.5) is 0 Å². The highest BCUT2D eigenvalue weighted by Gasteiger charge is 2.35. The first-order valence-electron chi connectivity index (χ1n) is 7.03. The number of amides is 1. The van der Waals surface area contributed by atoms with Gasteiger partial charge >= 0.3 is 5.97 Å². The Kier molecular flexibility index (Phi) is 4.60. The van der Waals surface area contributed by atoms with Gasteiger partial charge in [-0.15, -0.1) is 0 Å². The average molecular weight is 327 g/mol. The number of carboxylic acid groups (broad SMARTS) is 1. The van der Waals surface area contributed by atoms with Gasteiger partial charge in [0.2, 0.25) is 5.88 Å². The molecular weight excluding hydrogens is 308 g/mol. The van der Waals surface area contributed by atoms with Gasteiger partial charge in [-0.1, -0.05) is 11.6 Å². The van der Waals surface area contributed by atoms with Crippen LogP contribution in [0, 0.1) is 5.92 Å². The van der Waals surface area contributed by atoms with Crippen molar-refractivity contribution in [1.29, 1.82) is 0 Å². The molecule has 0 saturated heterocycles. The van der Waals surface area contributed by atoms with Crippen LogP contribution < -0.4 is 4.74 Å². The second-order valence-electron chi connectivity index (χ2n) is 5.99. The number of rotatable bonds is 6. The van der Waals surface area contributed by atoms with Crippen molar-refractivity contribution < 1.29 is 19.4 Å². The number of halogens is 1. The first-order chi connectivity index (χ1) is 10.2. The van der Waals surface area contributed by atoms with E-state index in [0.29, 0.717) is 18.4 Å². The zero-order valence-electron chi connectivity index (χ0n) is 12.8. The molecule has 0 bridgehead atoms. The highest BCUT2D eigenvalue weighted by molar-refractivity contribution is 6.32. The summed E-state index contributed by atoms with van der Waals surface area (Å²) in [5, 5.41) is 9.42. The second-order valence-corrected chi connectivity index (χ2v) is 6.40. The maximum absolute atomic E-state index is 12.4. The minimum atomic E-state index is -1.33. The van der Waals surface area contributed by atoms with Crippen molar-refractivity contribution in [2.45, 2.75) is 32.2 Å². The van der Waals surface area contributed by atoms with Crippen LogP contribution in [-0.2, 0) is 4.79 Å². The third-order valence-electron chi connectivity index (χ3n) is 3.87. The fraction of sp³-hybridized carbons (Fsp3) is 0.533. The van der Waals surface area contributed by atoms with E-state index in [-0.39, 0.29) is 10.6 Å². The number of ether oxygens (including phenoxy) is 1. The average Bonchev–Trinajstić information content (AvgIpc) is 3.28. The number of carbonyl (C=O) groups is 2. The van der Waals surface area contributed by atoms with Gasteiger partial charge in [0.05, 0.1) is 12.2 Å². The van der Waals surface area contributed by atoms with E-state index in [2.05, 4.69) is 4.98 Å². The van der Waals surface area contributed by atoms with E-state index in [1.165, 1.54) is 33.2 Å². The topological polar surface area (TPSA) is 79.7 Å². The van der Waals surface area contributed by atoms with Gasteiger partial charge in [-0.25, -0.2) is 9.78 Å². The SMILES string of the molecule is CN(C(=O)c1cnc(OCC2CC2)c(Cl)c1)C(C)(C)C(=O)O. The van der Waals surface area contributed by atoms with E-state index in [9.17, 15) is 14.7 Å². The standard InChI is InChI=1S/C15H19ClN2O4/c1-15(2,14(20)21)18(3)13(19)10-6-11(16)12(17-7-10)22-8-9-4-5-9/h6-7,9H,4-5,8H2,1-3H3,(H,20,21). The minimum absolute atomic E-state index is 0.223. The fourth-order valence-corrected chi connectivity index (χ4v) is 1.94. The number of aliphatic carboxylic acids is 1. The van der Waals surface area contributed by atoms with Gasteiger partial charge in [-0.2, -0.15) is 0 Å². The van der Waals surface area contributed by atoms with Gasteiger partial charge in [0.1, 0.15) is 10.6 Å². The molecule has 1 amide bonds. The van der Waals surface area contributed by atoms with E-state index in [1.807, 2.05) is 0 Å². The summed E-state index contributed by atoms with van der Waals surface area (Å²) in [4.78, 5) is 28.8. The minimum Gasteiger partial charge on any atom is -0.480 e. The molecule has 6 nitrogen and oxygen atoms in total. The van der Waals surface area contributed by atoms with Gasteiger partial charge in [0, 0.05) is 13.2 Å². The lowest BCUT2D eigenvalue weighted by Crippen LogP contribution is -2.50. The van der Waals surface area contributed by atoms with Crippen molar-refractivity contribution >= 4 is 23.5 Å². The van der Waals surface area contributed by atoms with Gasteiger partial charge in [0.15, 0.2) is 0 Å². The molecule has 0 aromatic carbocycles. The molecule has 1 aromatic heterocycles. The molecule has 0 radical (unpaired) electrons. The maximum atomic E-state index is 12.4.